The van der Waals surface area contributed by atoms with Crippen molar-refractivity contribution in [3.8, 4) is 0 Å². The molecule has 2 nitrogen and oxygen atoms in total. The summed E-state index contributed by atoms with van der Waals surface area (Å²) in [6.45, 7) is 6.89. The standard InChI is InChI=1S/C6H12O2S/c1-4-6(3,5-2)9(7)8/h4H,1,5H2,2-3H3,(H,7,8)/p-1. The Bertz CT molecular complexity index is 133. The van der Waals surface area contributed by atoms with E-state index in [9.17, 15) is 8.76 Å². The summed E-state index contributed by atoms with van der Waals surface area (Å²) >= 11 is -2.04. The van der Waals surface area contributed by atoms with E-state index in [4.69, 9.17) is 0 Å². The highest BCUT2D eigenvalue weighted by Gasteiger charge is 2.17. The molecule has 0 N–H and O–H groups in total. The fourth-order valence-electron chi connectivity index (χ4n) is 0.330. The van der Waals surface area contributed by atoms with E-state index in [0.29, 0.717) is 6.42 Å². The lowest BCUT2D eigenvalue weighted by atomic mass is 10.1. The first-order chi connectivity index (χ1) is 4.06. The van der Waals surface area contributed by atoms with E-state index in [2.05, 4.69) is 6.58 Å². The van der Waals surface area contributed by atoms with Gasteiger partial charge in [0.25, 0.3) is 0 Å². The Morgan fingerprint density at radius 2 is 2.33 bits per heavy atom. The van der Waals surface area contributed by atoms with Crippen molar-refractivity contribution in [3.63, 3.8) is 0 Å². The lowest BCUT2D eigenvalue weighted by Gasteiger charge is -2.26. The Labute approximate surface area is 58.3 Å². The number of hydrogen-bond acceptors (Lipinski definition) is 2. The molecular weight excluding hydrogens is 136 g/mol. The monoisotopic (exact) mass is 147 g/mol. The molecule has 0 saturated carbocycles. The average molecular weight is 147 g/mol. The van der Waals surface area contributed by atoms with Gasteiger partial charge in [0.1, 0.15) is 0 Å². The second kappa shape index (κ2) is 3.13. The maximum absolute atomic E-state index is 10.4. The average Bonchev–Trinajstić information content (AvgIpc) is 1.86. The first-order valence-corrected chi connectivity index (χ1v) is 3.87. The Morgan fingerprint density at radius 3 is 2.33 bits per heavy atom. The van der Waals surface area contributed by atoms with E-state index in [-0.39, 0.29) is 0 Å². The van der Waals surface area contributed by atoms with Crippen molar-refractivity contribution in [3.05, 3.63) is 12.7 Å². The molecule has 0 radical (unpaired) electrons. The normalized spacial score (nSPS) is 20.3. The molecule has 9 heavy (non-hydrogen) atoms. The summed E-state index contributed by atoms with van der Waals surface area (Å²) in [5.74, 6) is 0. The Morgan fingerprint density at radius 1 is 1.89 bits per heavy atom. The third-order valence-electron chi connectivity index (χ3n) is 1.51. The van der Waals surface area contributed by atoms with E-state index >= 15 is 0 Å². The molecule has 0 aliphatic heterocycles. The van der Waals surface area contributed by atoms with Gasteiger partial charge in [0, 0.05) is 4.75 Å². The van der Waals surface area contributed by atoms with Crippen LogP contribution < -0.4 is 0 Å². The van der Waals surface area contributed by atoms with E-state index in [1.165, 1.54) is 6.08 Å². The molecule has 0 aromatic rings. The molecule has 0 rings (SSSR count). The molecule has 0 aromatic heterocycles. The zero-order chi connectivity index (χ0) is 7.49. The first-order valence-electron chi connectivity index (χ1n) is 2.80. The summed E-state index contributed by atoms with van der Waals surface area (Å²) in [5, 5.41) is 0. The minimum Gasteiger partial charge on any atom is -0.772 e. The van der Waals surface area contributed by atoms with Gasteiger partial charge in [0.2, 0.25) is 0 Å². The summed E-state index contributed by atoms with van der Waals surface area (Å²) in [5.41, 5.74) is 0. The van der Waals surface area contributed by atoms with Crippen molar-refractivity contribution in [2.24, 2.45) is 0 Å². The molecule has 0 bridgehead atoms. The van der Waals surface area contributed by atoms with Crippen LogP contribution in [0, 0.1) is 0 Å². The molecular formula is C6H11O2S-. The zero-order valence-corrected chi connectivity index (χ0v) is 6.53. The lowest BCUT2D eigenvalue weighted by molar-refractivity contribution is 0.503. The maximum Gasteiger partial charge on any atom is 0.0473 e. The van der Waals surface area contributed by atoms with Crippen LogP contribution in [0.1, 0.15) is 20.3 Å². The van der Waals surface area contributed by atoms with Gasteiger partial charge in [-0.2, -0.15) is 0 Å². The fraction of sp³-hybridized carbons (Fsp3) is 0.667. The van der Waals surface area contributed by atoms with Crippen LogP contribution in [0.3, 0.4) is 0 Å². The second-order valence-corrected chi connectivity index (χ2v) is 3.51. The van der Waals surface area contributed by atoms with Gasteiger partial charge < -0.3 is 4.55 Å². The van der Waals surface area contributed by atoms with E-state index in [1.54, 1.807) is 6.92 Å². The largest absolute Gasteiger partial charge is 0.772 e. The summed E-state index contributed by atoms with van der Waals surface area (Å²) in [7, 11) is 0. The molecule has 0 saturated heterocycles. The molecule has 3 heteroatoms. The predicted octanol–water partition coefficient (Wildman–Crippen LogP) is 1.22. The van der Waals surface area contributed by atoms with E-state index < -0.39 is 15.8 Å². The van der Waals surface area contributed by atoms with Crippen LogP contribution in [0.5, 0.6) is 0 Å². The Balaban J connectivity index is 4.27. The minimum atomic E-state index is -2.04. The quantitative estimate of drug-likeness (QED) is 0.445. The third kappa shape index (κ3) is 1.91. The van der Waals surface area contributed by atoms with Gasteiger partial charge in [-0.15, -0.1) is 6.58 Å². The molecule has 2 atom stereocenters. The van der Waals surface area contributed by atoms with Crippen molar-refractivity contribution < 1.29 is 8.76 Å². The highest BCUT2D eigenvalue weighted by molar-refractivity contribution is 7.80. The molecule has 54 valence electrons. The summed E-state index contributed by atoms with van der Waals surface area (Å²) in [6.07, 6.45) is 2.03. The van der Waals surface area contributed by atoms with Gasteiger partial charge in [0.05, 0.1) is 0 Å². The van der Waals surface area contributed by atoms with Crippen LogP contribution in [0.2, 0.25) is 0 Å². The van der Waals surface area contributed by atoms with Gasteiger partial charge in [-0.05, 0) is 24.4 Å². The van der Waals surface area contributed by atoms with Gasteiger partial charge >= 0.3 is 0 Å². The summed E-state index contributed by atoms with van der Waals surface area (Å²) in [6, 6.07) is 0. The van der Waals surface area contributed by atoms with Gasteiger partial charge in [-0.25, -0.2) is 0 Å². The summed E-state index contributed by atoms with van der Waals surface area (Å²) < 4.78 is 20.1. The second-order valence-electron chi connectivity index (χ2n) is 2.11. The number of rotatable bonds is 3. The van der Waals surface area contributed by atoms with Crippen molar-refractivity contribution in [1.82, 2.24) is 0 Å². The third-order valence-corrected chi connectivity index (χ3v) is 2.73. The smallest absolute Gasteiger partial charge is 0.0473 e. The molecule has 0 spiro atoms. The molecule has 0 fully saturated rings. The predicted molar refractivity (Wildman–Crippen MR) is 37.8 cm³/mol. The van der Waals surface area contributed by atoms with Crippen molar-refractivity contribution in [1.29, 1.82) is 0 Å². The molecule has 0 aliphatic carbocycles. The van der Waals surface area contributed by atoms with E-state index in [0.717, 1.165) is 0 Å². The lowest BCUT2D eigenvalue weighted by Crippen LogP contribution is -2.26. The van der Waals surface area contributed by atoms with Gasteiger partial charge in [-0.3, -0.25) is 4.21 Å². The van der Waals surface area contributed by atoms with Crippen molar-refractivity contribution in [2.75, 3.05) is 0 Å². The van der Waals surface area contributed by atoms with Crippen LogP contribution in [0.25, 0.3) is 0 Å². The number of hydrogen-bond donors (Lipinski definition) is 0. The molecule has 2 unspecified atom stereocenters. The van der Waals surface area contributed by atoms with Crippen LogP contribution in [0.4, 0.5) is 0 Å². The minimum absolute atomic E-state index is 0.576. The Hall–Kier alpha value is -0.150. The zero-order valence-electron chi connectivity index (χ0n) is 5.72. The Kier molecular flexibility index (Phi) is 3.08. The van der Waals surface area contributed by atoms with Crippen molar-refractivity contribution >= 4 is 11.1 Å². The maximum atomic E-state index is 10.4. The SMILES string of the molecule is C=CC(C)(CC)S(=O)[O-]. The van der Waals surface area contributed by atoms with Gasteiger partial charge in [0.15, 0.2) is 0 Å². The molecule has 0 aliphatic rings. The molecule has 0 heterocycles. The highest BCUT2D eigenvalue weighted by Crippen LogP contribution is 2.16. The van der Waals surface area contributed by atoms with Gasteiger partial charge in [-0.1, -0.05) is 13.0 Å². The fourth-order valence-corrected chi connectivity index (χ4v) is 0.702. The summed E-state index contributed by atoms with van der Waals surface area (Å²) in [4.78, 5) is 0. The topological polar surface area (TPSA) is 40.1 Å². The first kappa shape index (κ1) is 8.85. The van der Waals surface area contributed by atoms with Crippen molar-refractivity contribution in [2.45, 2.75) is 25.0 Å². The molecule has 0 aromatic carbocycles. The molecule has 0 amide bonds. The highest BCUT2D eigenvalue weighted by atomic mass is 32.2. The van der Waals surface area contributed by atoms with Crippen LogP contribution in [0.15, 0.2) is 12.7 Å². The van der Waals surface area contributed by atoms with E-state index in [1.807, 2.05) is 6.92 Å². The van der Waals surface area contributed by atoms with Crippen LogP contribution in [-0.2, 0) is 11.1 Å². The van der Waals surface area contributed by atoms with Crippen LogP contribution in [-0.4, -0.2) is 13.5 Å². The van der Waals surface area contributed by atoms with Crippen LogP contribution >= 0.6 is 0 Å².